The number of rotatable bonds is 4. The van der Waals surface area contributed by atoms with Gasteiger partial charge in [0.1, 0.15) is 5.75 Å². The van der Waals surface area contributed by atoms with Gasteiger partial charge in [0.2, 0.25) is 5.91 Å². The number of methoxy groups -OCH3 is 1. The van der Waals surface area contributed by atoms with E-state index in [4.69, 9.17) is 4.74 Å². The van der Waals surface area contributed by atoms with Gasteiger partial charge in [-0.2, -0.15) is 11.8 Å². The lowest BCUT2D eigenvalue weighted by Crippen LogP contribution is -2.39. The lowest BCUT2D eigenvalue weighted by molar-refractivity contribution is -0.116. The number of thioether (sulfide) groups is 1. The predicted molar refractivity (Wildman–Crippen MR) is 90.3 cm³/mol. The molecule has 1 aliphatic heterocycles. The van der Waals surface area contributed by atoms with Crippen LogP contribution in [-0.2, 0) is 4.79 Å². The fraction of sp³-hybridized carbons (Fsp3) is 0.462. The molecule has 1 aromatic rings. The number of hydrogen-bond donors (Lipinski definition) is 2. The first kappa shape index (κ1) is 17.6. The van der Waals surface area contributed by atoms with E-state index in [9.17, 15) is 4.79 Å². The molecule has 1 heterocycles. The van der Waals surface area contributed by atoms with Crippen molar-refractivity contribution in [1.29, 1.82) is 0 Å². The van der Waals surface area contributed by atoms with Crippen molar-refractivity contribution in [3.05, 3.63) is 22.7 Å². The molecule has 2 N–H and O–H groups in total. The number of nitrogens with one attached hydrogen (secondary N) is 2. The van der Waals surface area contributed by atoms with Gasteiger partial charge in [-0.25, -0.2) is 0 Å². The Hall–Kier alpha value is -0.430. The van der Waals surface area contributed by atoms with E-state index in [-0.39, 0.29) is 24.4 Å². The van der Waals surface area contributed by atoms with E-state index >= 15 is 0 Å². The molecule has 1 aromatic carbocycles. The van der Waals surface area contributed by atoms with E-state index in [1.54, 1.807) is 7.11 Å². The molecule has 0 aromatic heterocycles. The lowest BCUT2D eigenvalue weighted by atomic mass is 10.2. The topological polar surface area (TPSA) is 50.4 Å². The summed E-state index contributed by atoms with van der Waals surface area (Å²) in [4.78, 5) is 12.0. The van der Waals surface area contributed by atoms with Crippen molar-refractivity contribution in [1.82, 2.24) is 5.32 Å². The Morgan fingerprint density at radius 2 is 2.40 bits per heavy atom. The highest BCUT2D eigenvalue weighted by Gasteiger charge is 2.17. The molecule has 1 saturated heterocycles. The van der Waals surface area contributed by atoms with Crippen molar-refractivity contribution in [3.8, 4) is 5.75 Å². The summed E-state index contributed by atoms with van der Waals surface area (Å²) < 4.78 is 6.15. The zero-order valence-corrected chi connectivity index (χ0v) is 14.4. The third-order valence-electron chi connectivity index (χ3n) is 2.87. The molecule has 112 valence electrons. The van der Waals surface area contributed by atoms with Crippen molar-refractivity contribution in [2.45, 2.75) is 12.5 Å². The smallest absolute Gasteiger partial charge is 0.226 e. The molecular formula is C13H18BrClN2O2S. The van der Waals surface area contributed by atoms with Crippen LogP contribution >= 0.6 is 40.1 Å². The third-order valence-corrected chi connectivity index (χ3v) is 4.49. The van der Waals surface area contributed by atoms with Crippen LogP contribution in [-0.4, -0.2) is 37.1 Å². The van der Waals surface area contributed by atoms with Crippen LogP contribution in [0.15, 0.2) is 22.7 Å². The van der Waals surface area contributed by atoms with Crippen LogP contribution in [0.25, 0.3) is 0 Å². The standard InChI is InChI=1S/C13H17BrN2O2S.ClH/c1-18-12-3-2-9(14)6-11(12)16-13(17)7-10-8-19-5-4-15-10;/h2-3,6,10,15H,4-5,7-8H2,1H3,(H,16,17);1H. The molecule has 1 aliphatic rings. The molecule has 0 bridgehead atoms. The number of halogens is 2. The number of amides is 1. The van der Waals surface area contributed by atoms with Gasteiger partial charge in [0.15, 0.2) is 0 Å². The summed E-state index contributed by atoms with van der Waals surface area (Å²) >= 11 is 5.28. The summed E-state index contributed by atoms with van der Waals surface area (Å²) in [5, 5.41) is 6.26. The zero-order chi connectivity index (χ0) is 13.7. The van der Waals surface area contributed by atoms with Crippen molar-refractivity contribution in [3.63, 3.8) is 0 Å². The number of hydrogen-bond acceptors (Lipinski definition) is 4. The van der Waals surface area contributed by atoms with Gasteiger partial charge in [0.25, 0.3) is 0 Å². The zero-order valence-electron chi connectivity index (χ0n) is 11.1. The van der Waals surface area contributed by atoms with Crippen LogP contribution in [0.5, 0.6) is 5.75 Å². The molecule has 7 heteroatoms. The molecule has 1 unspecified atom stereocenters. The maximum atomic E-state index is 12.0. The van der Waals surface area contributed by atoms with Gasteiger partial charge < -0.3 is 15.4 Å². The summed E-state index contributed by atoms with van der Waals surface area (Å²) in [5.74, 6) is 2.79. The van der Waals surface area contributed by atoms with Crippen LogP contribution in [0.1, 0.15) is 6.42 Å². The third kappa shape index (κ3) is 5.16. The van der Waals surface area contributed by atoms with Crippen LogP contribution in [0.4, 0.5) is 5.69 Å². The molecule has 1 amide bonds. The van der Waals surface area contributed by atoms with Gasteiger partial charge in [0.05, 0.1) is 12.8 Å². The van der Waals surface area contributed by atoms with Crippen LogP contribution in [0.3, 0.4) is 0 Å². The Labute approximate surface area is 137 Å². The highest BCUT2D eigenvalue weighted by atomic mass is 79.9. The number of carbonyl (C=O) groups is 1. The van der Waals surface area contributed by atoms with Crippen molar-refractivity contribution < 1.29 is 9.53 Å². The van der Waals surface area contributed by atoms with E-state index in [0.717, 1.165) is 22.5 Å². The predicted octanol–water partition coefficient (Wildman–Crippen LogP) is 2.91. The minimum Gasteiger partial charge on any atom is -0.495 e. The molecule has 2 rings (SSSR count). The first-order valence-electron chi connectivity index (χ1n) is 6.13. The molecule has 0 spiro atoms. The maximum absolute atomic E-state index is 12.0. The van der Waals surface area contributed by atoms with E-state index in [0.29, 0.717) is 17.9 Å². The maximum Gasteiger partial charge on any atom is 0.226 e. The fourth-order valence-corrected chi connectivity index (χ4v) is 3.26. The average Bonchev–Trinajstić information content (AvgIpc) is 2.40. The number of carbonyl (C=O) groups excluding carboxylic acids is 1. The highest BCUT2D eigenvalue weighted by Crippen LogP contribution is 2.28. The minimum absolute atomic E-state index is 0. The lowest BCUT2D eigenvalue weighted by Gasteiger charge is -2.22. The SMILES string of the molecule is COc1ccc(Br)cc1NC(=O)CC1CSCCN1.Cl. The Morgan fingerprint density at radius 3 is 3.05 bits per heavy atom. The first-order valence-corrected chi connectivity index (χ1v) is 8.08. The van der Waals surface area contributed by atoms with Gasteiger partial charge in [-0.05, 0) is 18.2 Å². The highest BCUT2D eigenvalue weighted by molar-refractivity contribution is 9.10. The quantitative estimate of drug-likeness (QED) is 0.842. The van der Waals surface area contributed by atoms with Crippen molar-refractivity contribution in [2.24, 2.45) is 0 Å². The van der Waals surface area contributed by atoms with Gasteiger partial charge in [-0.15, -0.1) is 12.4 Å². The van der Waals surface area contributed by atoms with Crippen LogP contribution in [0.2, 0.25) is 0 Å². The molecule has 0 aliphatic carbocycles. The summed E-state index contributed by atoms with van der Waals surface area (Å²) in [6, 6.07) is 5.82. The second kappa shape index (κ2) is 8.77. The van der Waals surface area contributed by atoms with Crippen molar-refractivity contribution in [2.75, 3.05) is 30.5 Å². The summed E-state index contributed by atoms with van der Waals surface area (Å²) in [5.41, 5.74) is 0.699. The van der Waals surface area contributed by atoms with Gasteiger partial charge in [0, 0.05) is 35.0 Å². The number of benzene rings is 1. The van der Waals surface area contributed by atoms with Crippen LogP contribution < -0.4 is 15.4 Å². The average molecular weight is 382 g/mol. The summed E-state index contributed by atoms with van der Waals surface area (Å²) in [6.07, 6.45) is 0.489. The monoisotopic (exact) mass is 380 g/mol. The largest absolute Gasteiger partial charge is 0.495 e. The van der Waals surface area contributed by atoms with Gasteiger partial charge >= 0.3 is 0 Å². The first-order chi connectivity index (χ1) is 9.19. The second-order valence-corrected chi connectivity index (χ2v) is 6.39. The number of anilines is 1. The molecule has 1 fully saturated rings. The fourth-order valence-electron chi connectivity index (χ4n) is 1.95. The van der Waals surface area contributed by atoms with Crippen LogP contribution in [0, 0.1) is 0 Å². The second-order valence-electron chi connectivity index (χ2n) is 4.32. The minimum atomic E-state index is 0. The molecule has 1 atom stereocenters. The van der Waals surface area contributed by atoms with Gasteiger partial charge in [-0.3, -0.25) is 4.79 Å². The van der Waals surface area contributed by atoms with Gasteiger partial charge in [-0.1, -0.05) is 15.9 Å². The Kier molecular flexibility index (Phi) is 7.72. The van der Waals surface area contributed by atoms with E-state index < -0.39 is 0 Å². The Morgan fingerprint density at radius 1 is 1.60 bits per heavy atom. The normalized spacial score (nSPS) is 18.0. The molecule has 20 heavy (non-hydrogen) atoms. The molecule has 0 saturated carbocycles. The molecule has 0 radical (unpaired) electrons. The van der Waals surface area contributed by atoms with Crippen molar-refractivity contribution >= 4 is 51.7 Å². The number of ether oxygens (including phenoxy) is 1. The Balaban J connectivity index is 0.00000200. The van der Waals surface area contributed by atoms with E-state index in [2.05, 4.69) is 26.6 Å². The summed E-state index contributed by atoms with van der Waals surface area (Å²) in [6.45, 7) is 0.975. The molecule has 4 nitrogen and oxygen atoms in total. The Bertz CT molecular complexity index is 456. The molecular weight excluding hydrogens is 364 g/mol. The summed E-state index contributed by atoms with van der Waals surface area (Å²) in [7, 11) is 1.60. The van der Waals surface area contributed by atoms with E-state index in [1.165, 1.54) is 0 Å². The van der Waals surface area contributed by atoms with E-state index in [1.807, 2.05) is 30.0 Å².